The summed E-state index contributed by atoms with van der Waals surface area (Å²) < 4.78 is 13.1. The highest BCUT2D eigenvalue weighted by Crippen LogP contribution is 2.19. The van der Waals surface area contributed by atoms with E-state index in [1.165, 1.54) is 12.1 Å². The minimum absolute atomic E-state index is 0.301. The number of rotatable bonds is 5. The molecule has 1 aromatic carbocycles. The molecule has 1 aromatic rings. The topological polar surface area (TPSA) is 39.1 Å². The summed E-state index contributed by atoms with van der Waals surface area (Å²) in [5.74, 6) is -0.429. The van der Waals surface area contributed by atoms with Crippen LogP contribution in [0.15, 0.2) is 18.2 Å². The van der Waals surface area contributed by atoms with Crippen molar-refractivity contribution in [1.82, 2.24) is 10.2 Å². The molecular formula is C12H15ClFN3. The highest BCUT2D eigenvalue weighted by atomic mass is 35.5. The molecule has 92 valence electrons. The van der Waals surface area contributed by atoms with E-state index >= 15 is 0 Å². The number of nitrogens with zero attached hydrogens (tertiary/aromatic N) is 2. The number of nitriles is 1. The summed E-state index contributed by atoms with van der Waals surface area (Å²) in [5.41, 5.74) is 0.552. The highest BCUT2D eigenvalue weighted by Gasteiger charge is 2.11. The molecule has 0 fully saturated rings. The Morgan fingerprint density at radius 2 is 2.18 bits per heavy atom. The van der Waals surface area contributed by atoms with Gasteiger partial charge in [-0.1, -0.05) is 11.6 Å². The molecule has 0 bridgehead atoms. The Morgan fingerprint density at radius 1 is 1.47 bits per heavy atom. The van der Waals surface area contributed by atoms with Crippen LogP contribution in [0.1, 0.15) is 11.6 Å². The second-order valence-electron chi connectivity index (χ2n) is 4.02. The van der Waals surface area contributed by atoms with Gasteiger partial charge in [0.1, 0.15) is 11.9 Å². The molecule has 0 aromatic heterocycles. The van der Waals surface area contributed by atoms with Crippen LogP contribution >= 0.6 is 11.6 Å². The van der Waals surface area contributed by atoms with Gasteiger partial charge in [-0.25, -0.2) is 4.39 Å². The number of likely N-dealkylation sites (N-methyl/N-ethyl adjacent to an activating group) is 1. The molecule has 1 unspecified atom stereocenters. The van der Waals surface area contributed by atoms with Crippen LogP contribution < -0.4 is 5.32 Å². The molecule has 3 nitrogen and oxygen atoms in total. The molecule has 5 heteroatoms. The van der Waals surface area contributed by atoms with E-state index < -0.39 is 11.9 Å². The first-order chi connectivity index (χ1) is 8.02. The first-order valence-electron chi connectivity index (χ1n) is 5.26. The van der Waals surface area contributed by atoms with Crippen molar-refractivity contribution in [3.05, 3.63) is 34.6 Å². The van der Waals surface area contributed by atoms with E-state index in [-0.39, 0.29) is 0 Å². The zero-order valence-electron chi connectivity index (χ0n) is 9.87. The maximum Gasteiger partial charge on any atom is 0.125 e. The standard InChI is InChI=1S/C12H15ClFN3/c1-17(2)4-3-16-12(8-15)9-5-10(13)7-11(14)6-9/h5-7,12,16H,3-4H2,1-2H3. The minimum Gasteiger partial charge on any atom is -0.308 e. The lowest BCUT2D eigenvalue weighted by atomic mass is 10.1. The number of halogens is 2. The van der Waals surface area contributed by atoms with Gasteiger partial charge in [-0.05, 0) is 37.9 Å². The average molecular weight is 256 g/mol. The van der Waals surface area contributed by atoms with Gasteiger partial charge in [-0.15, -0.1) is 0 Å². The molecule has 1 rings (SSSR count). The second-order valence-corrected chi connectivity index (χ2v) is 4.46. The number of benzene rings is 1. The van der Waals surface area contributed by atoms with Crippen LogP contribution in [0.5, 0.6) is 0 Å². The Bertz CT molecular complexity index is 394. The van der Waals surface area contributed by atoms with Crippen LogP contribution in [-0.2, 0) is 0 Å². The molecule has 0 spiro atoms. The number of hydrogen-bond acceptors (Lipinski definition) is 3. The Hall–Kier alpha value is -1.15. The largest absolute Gasteiger partial charge is 0.308 e. The van der Waals surface area contributed by atoms with E-state index in [2.05, 4.69) is 11.4 Å². The molecule has 0 radical (unpaired) electrons. The van der Waals surface area contributed by atoms with Crippen molar-refractivity contribution in [3.63, 3.8) is 0 Å². The van der Waals surface area contributed by atoms with Gasteiger partial charge >= 0.3 is 0 Å². The van der Waals surface area contributed by atoms with Gasteiger partial charge in [0.2, 0.25) is 0 Å². The third-order valence-corrected chi connectivity index (χ3v) is 2.47. The van der Waals surface area contributed by atoms with Crippen LogP contribution in [0.2, 0.25) is 5.02 Å². The lowest BCUT2D eigenvalue weighted by molar-refractivity contribution is 0.395. The first-order valence-corrected chi connectivity index (χ1v) is 5.64. The van der Waals surface area contributed by atoms with Gasteiger partial charge in [0, 0.05) is 18.1 Å². The summed E-state index contributed by atoms with van der Waals surface area (Å²) >= 11 is 5.75. The van der Waals surface area contributed by atoms with E-state index in [4.69, 9.17) is 16.9 Å². The average Bonchev–Trinajstić information content (AvgIpc) is 2.22. The molecule has 0 saturated heterocycles. The monoisotopic (exact) mass is 255 g/mol. The number of nitrogens with one attached hydrogen (secondary N) is 1. The molecule has 0 aliphatic carbocycles. The molecule has 0 heterocycles. The van der Waals surface area contributed by atoms with Gasteiger partial charge < -0.3 is 4.90 Å². The lowest BCUT2D eigenvalue weighted by Gasteiger charge is -2.15. The van der Waals surface area contributed by atoms with Crippen LogP contribution in [0, 0.1) is 17.1 Å². The molecule has 0 aliphatic heterocycles. The van der Waals surface area contributed by atoms with Crippen molar-refractivity contribution in [2.24, 2.45) is 0 Å². The highest BCUT2D eigenvalue weighted by molar-refractivity contribution is 6.30. The van der Waals surface area contributed by atoms with Crippen molar-refractivity contribution < 1.29 is 4.39 Å². The van der Waals surface area contributed by atoms with Crippen LogP contribution in [-0.4, -0.2) is 32.1 Å². The van der Waals surface area contributed by atoms with Crippen LogP contribution in [0.4, 0.5) is 4.39 Å². The zero-order chi connectivity index (χ0) is 12.8. The Morgan fingerprint density at radius 3 is 2.71 bits per heavy atom. The van der Waals surface area contributed by atoms with E-state index in [1.54, 1.807) is 6.07 Å². The maximum absolute atomic E-state index is 13.1. The van der Waals surface area contributed by atoms with Crippen LogP contribution in [0.3, 0.4) is 0 Å². The van der Waals surface area contributed by atoms with Crippen molar-refractivity contribution in [1.29, 1.82) is 5.26 Å². The Balaban J connectivity index is 2.70. The van der Waals surface area contributed by atoms with Gasteiger partial charge in [0.15, 0.2) is 0 Å². The van der Waals surface area contributed by atoms with E-state index in [9.17, 15) is 4.39 Å². The first kappa shape index (κ1) is 13.9. The summed E-state index contributed by atoms with van der Waals surface area (Å²) in [6.45, 7) is 1.46. The lowest BCUT2D eigenvalue weighted by Crippen LogP contribution is -2.29. The van der Waals surface area contributed by atoms with Gasteiger partial charge in [-0.3, -0.25) is 5.32 Å². The Kier molecular flexibility index (Phi) is 5.36. The zero-order valence-corrected chi connectivity index (χ0v) is 10.6. The molecule has 1 atom stereocenters. The van der Waals surface area contributed by atoms with Gasteiger partial charge in [0.05, 0.1) is 6.07 Å². The third-order valence-electron chi connectivity index (χ3n) is 2.25. The summed E-state index contributed by atoms with van der Waals surface area (Å²) in [6, 6.07) is 5.69. The molecule has 17 heavy (non-hydrogen) atoms. The summed E-state index contributed by atoms with van der Waals surface area (Å²) in [7, 11) is 3.89. The van der Waals surface area contributed by atoms with Gasteiger partial charge in [0.25, 0.3) is 0 Å². The van der Waals surface area contributed by atoms with Crippen molar-refractivity contribution >= 4 is 11.6 Å². The third kappa shape index (κ3) is 4.70. The fraction of sp³-hybridized carbons (Fsp3) is 0.417. The van der Waals surface area contributed by atoms with Crippen LogP contribution in [0.25, 0.3) is 0 Å². The predicted octanol–water partition coefficient (Wildman–Crippen LogP) is 2.19. The molecule has 1 N–H and O–H groups in total. The smallest absolute Gasteiger partial charge is 0.125 e. The summed E-state index contributed by atoms with van der Waals surface area (Å²) in [5, 5.41) is 12.4. The van der Waals surface area contributed by atoms with Crippen molar-refractivity contribution in [2.75, 3.05) is 27.2 Å². The second kappa shape index (κ2) is 6.55. The fourth-order valence-corrected chi connectivity index (χ4v) is 1.64. The predicted molar refractivity (Wildman–Crippen MR) is 66.3 cm³/mol. The van der Waals surface area contributed by atoms with E-state index in [1.807, 2.05) is 19.0 Å². The molecule has 0 saturated carbocycles. The quantitative estimate of drug-likeness (QED) is 0.877. The fourth-order valence-electron chi connectivity index (χ4n) is 1.41. The SMILES string of the molecule is CN(C)CCNC(C#N)c1cc(F)cc(Cl)c1. The van der Waals surface area contributed by atoms with E-state index in [0.29, 0.717) is 17.1 Å². The summed E-state index contributed by atoms with van der Waals surface area (Å²) in [6.07, 6.45) is 0. The minimum atomic E-state index is -0.539. The van der Waals surface area contributed by atoms with Crippen molar-refractivity contribution in [2.45, 2.75) is 6.04 Å². The summed E-state index contributed by atoms with van der Waals surface area (Å²) in [4.78, 5) is 2.00. The maximum atomic E-state index is 13.1. The van der Waals surface area contributed by atoms with Crippen molar-refractivity contribution in [3.8, 4) is 6.07 Å². The number of hydrogen-bond donors (Lipinski definition) is 1. The molecule has 0 amide bonds. The molecule has 0 aliphatic rings. The normalized spacial score (nSPS) is 12.5. The van der Waals surface area contributed by atoms with Gasteiger partial charge in [-0.2, -0.15) is 5.26 Å². The molecular weight excluding hydrogens is 241 g/mol. The Labute approximate surface area is 106 Å². The van der Waals surface area contributed by atoms with E-state index in [0.717, 1.165) is 6.54 Å².